The number of nitrogens with one attached hydrogen (secondary N) is 1. The monoisotopic (exact) mass is 375 g/mol. The van der Waals surface area contributed by atoms with Crippen molar-refractivity contribution in [1.82, 2.24) is 15.1 Å². The first kappa shape index (κ1) is 18.4. The van der Waals surface area contributed by atoms with Crippen molar-refractivity contribution >= 4 is 5.91 Å². The molecule has 1 aliphatic rings. The minimum atomic E-state index is 0.189. The Labute approximate surface area is 165 Å². The number of hydrogen-bond acceptors (Lipinski definition) is 3. The molecule has 28 heavy (non-hydrogen) atoms. The minimum absolute atomic E-state index is 0.189. The van der Waals surface area contributed by atoms with Crippen molar-refractivity contribution in [3.05, 3.63) is 77.5 Å². The van der Waals surface area contributed by atoms with E-state index in [2.05, 4.69) is 22.3 Å². The number of hydrogen-bond donors (Lipinski definition) is 1. The SMILES string of the molecule is O=C(CCCOCc1ccccc1)N1CCc2[nH]nc(-c3ccccc3)c2C1. The largest absolute Gasteiger partial charge is 0.377 e. The maximum Gasteiger partial charge on any atom is 0.222 e. The number of H-pyrrole nitrogens is 1. The number of amides is 1. The molecule has 0 saturated heterocycles. The summed E-state index contributed by atoms with van der Waals surface area (Å²) in [7, 11) is 0. The molecule has 1 amide bonds. The molecule has 4 rings (SSSR count). The van der Waals surface area contributed by atoms with Crippen molar-refractivity contribution in [3.63, 3.8) is 0 Å². The summed E-state index contributed by atoms with van der Waals surface area (Å²) in [6.45, 7) is 2.56. The molecule has 0 bridgehead atoms. The first-order chi connectivity index (χ1) is 13.8. The summed E-state index contributed by atoms with van der Waals surface area (Å²) in [6, 6.07) is 20.2. The van der Waals surface area contributed by atoms with Gasteiger partial charge in [0.15, 0.2) is 0 Å². The summed E-state index contributed by atoms with van der Waals surface area (Å²) >= 11 is 0. The molecule has 5 nitrogen and oxygen atoms in total. The summed E-state index contributed by atoms with van der Waals surface area (Å²) in [5.41, 5.74) is 5.49. The van der Waals surface area contributed by atoms with Gasteiger partial charge in [0.1, 0.15) is 0 Å². The van der Waals surface area contributed by atoms with E-state index in [-0.39, 0.29) is 5.91 Å². The van der Waals surface area contributed by atoms with Gasteiger partial charge in [-0.3, -0.25) is 9.89 Å². The number of carbonyl (C=O) groups excluding carboxylic acids is 1. The zero-order valence-electron chi connectivity index (χ0n) is 15.9. The minimum Gasteiger partial charge on any atom is -0.377 e. The Morgan fingerprint density at radius 3 is 2.61 bits per heavy atom. The Kier molecular flexibility index (Phi) is 5.83. The van der Waals surface area contributed by atoms with Gasteiger partial charge in [-0.15, -0.1) is 0 Å². The number of carbonyl (C=O) groups is 1. The smallest absolute Gasteiger partial charge is 0.222 e. The quantitative estimate of drug-likeness (QED) is 0.636. The molecule has 0 unspecified atom stereocenters. The van der Waals surface area contributed by atoms with Gasteiger partial charge in [-0.2, -0.15) is 5.10 Å². The zero-order valence-corrected chi connectivity index (χ0v) is 15.9. The van der Waals surface area contributed by atoms with Crippen LogP contribution in [-0.4, -0.2) is 34.2 Å². The fourth-order valence-electron chi connectivity index (χ4n) is 3.59. The molecule has 144 valence electrons. The summed E-state index contributed by atoms with van der Waals surface area (Å²) < 4.78 is 5.69. The first-order valence-electron chi connectivity index (χ1n) is 9.82. The normalized spacial score (nSPS) is 13.4. The number of ether oxygens (including phenoxy) is 1. The van der Waals surface area contributed by atoms with Crippen LogP contribution in [0, 0.1) is 0 Å². The molecule has 1 aliphatic heterocycles. The van der Waals surface area contributed by atoms with Gasteiger partial charge in [0.25, 0.3) is 0 Å². The average Bonchev–Trinajstić information content (AvgIpc) is 3.18. The van der Waals surface area contributed by atoms with Crippen molar-refractivity contribution < 1.29 is 9.53 Å². The van der Waals surface area contributed by atoms with Crippen LogP contribution in [0.5, 0.6) is 0 Å². The van der Waals surface area contributed by atoms with E-state index in [1.54, 1.807) is 0 Å². The maximum absolute atomic E-state index is 12.7. The Balaban J connectivity index is 1.28. The highest BCUT2D eigenvalue weighted by molar-refractivity contribution is 5.77. The first-order valence-corrected chi connectivity index (χ1v) is 9.82. The number of aromatic amines is 1. The number of rotatable bonds is 7. The van der Waals surface area contributed by atoms with Gasteiger partial charge in [-0.05, 0) is 12.0 Å². The summed E-state index contributed by atoms with van der Waals surface area (Å²) in [6.07, 6.45) is 2.08. The Morgan fingerprint density at radius 2 is 1.82 bits per heavy atom. The third-order valence-corrected chi connectivity index (χ3v) is 5.12. The summed E-state index contributed by atoms with van der Waals surface area (Å²) in [4.78, 5) is 14.6. The van der Waals surface area contributed by atoms with E-state index >= 15 is 0 Å². The lowest BCUT2D eigenvalue weighted by Gasteiger charge is -2.27. The number of fused-ring (bicyclic) bond motifs is 1. The van der Waals surface area contributed by atoms with Gasteiger partial charge < -0.3 is 9.64 Å². The fraction of sp³-hybridized carbons (Fsp3) is 0.304. The second-order valence-electron chi connectivity index (χ2n) is 7.10. The van der Waals surface area contributed by atoms with E-state index in [0.717, 1.165) is 47.5 Å². The van der Waals surface area contributed by atoms with E-state index in [1.807, 2.05) is 53.4 Å². The van der Waals surface area contributed by atoms with Gasteiger partial charge in [0, 0.05) is 49.4 Å². The molecule has 0 atom stereocenters. The maximum atomic E-state index is 12.7. The molecule has 3 aromatic rings. The molecule has 0 aliphatic carbocycles. The van der Waals surface area contributed by atoms with E-state index in [1.165, 1.54) is 0 Å². The highest BCUT2D eigenvalue weighted by atomic mass is 16.5. The summed E-state index contributed by atoms with van der Waals surface area (Å²) in [5.74, 6) is 0.189. The zero-order chi connectivity index (χ0) is 19.2. The van der Waals surface area contributed by atoms with Gasteiger partial charge in [-0.1, -0.05) is 60.7 Å². The summed E-state index contributed by atoms with van der Waals surface area (Å²) in [5, 5.41) is 7.65. The van der Waals surface area contributed by atoms with Crippen LogP contribution in [0.3, 0.4) is 0 Å². The van der Waals surface area contributed by atoms with Gasteiger partial charge >= 0.3 is 0 Å². The Bertz CT molecular complexity index is 906. The van der Waals surface area contributed by atoms with Crippen LogP contribution in [0.15, 0.2) is 60.7 Å². The number of aromatic nitrogens is 2. The van der Waals surface area contributed by atoms with Crippen LogP contribution in [0.1, 0.15) is 29.7 Å². The number of nitrogens with zero attached hydrogens (tertiary/aromatic N) is 2. The van der Waals surface area contributed by atoms with Gasteiger partial charge in [0.2, 0.25) is 5.91 Å². The van der Waals surface area contributed by atoms with Gasteiger partial charge in [0.05, 0.1) is 12.3 Å². The van der Waals surface area contributed by atoms with Crippen LogP contribution in [0.4, 0.5) is 0 Å². The van der Waals surface area contributed by atoms with Crippen molar-refractivity contribution in [2.24, 2.45) is 0 Å². The van der Waals surface area contributed by atoms with Crippen molar-refractivity contribution in [3.8, 4) is 11.3 Å². The standard InChI is InChI=1S/C23H25N3O2/c27-22(12-7-15-28-17-18-8-3-1-4-9-18)26-14-13-21-20(16-26)23(25-24-21)19-10-5-2-6-11-19/h1-6,8-11H,7,12-17H2,(H,24,25). The molecule has 0 radical (unpaired) electrons. The van der Waals surface area contributed by atoms with Crippen LogP contribution in [0.25, 0.3) is 11.3 Å². The third kappa shape index (κ3) is 4.31. The molecule has 1 N–H and O–H groups in total. The highest BCUT2D eigenvalue weighted by Crippen LogP contribution is 2.28. The molecular weight excluding hydrogens is 350 g/mol. The third-order valence-electron chi connectivity index (χ3n) is 5.12. The molecule has 2 aromatic carbocycles. The molecule has 5 heteroatoms. The molecule has 0 fully saturated rings. The van der Waals surface area contributed by atoms with Crippen LogP contribution >= 0.6 is 0 Å². The van der Waals surface area contributed by atoms with E-state index in [0.29, 0.717) is 26.2 Å². The lowest BCUT2D eigenvalue weighted by Crippen LogP contribution is -2.35. The van der Waals surface area contributed by atoms with Crippen LogP contribution < -0.4 is 0 Å². The van der Waals surface area contributed by atoms with Crippen LogP contribution in [-0.2, 0) is 29.1 Å². The highest BCUT2D eigenvalue weighted by Gasteiger charge is 2.25. The Hall–Kier alpha value is -2.92. The molecule has 1 aromatic heterocycles. The van der Waals surface area contributed by atoms with Crippen molar-refractivity contribution in [2.75, 3.05) is 13.2 Å². The average molecular weight is 375 g/mol. The second-order valence-corrected chi connectivity index (χ2v) is 7.10. The Morgan fingerprint density at radius 1 is 1.07 bits per heavy atom. The van der Waals surface area contributed by atoms with E-state index in [9.17, 15) is 4.79 Å². The molecular formula is C23H25N3O2. The predicted molar refractivity (Wildman–Crippen MR) is 108 cm³/mol. The van der Waals surface area contributed by atoms with Gasteiger partial charge in [-0.25, -0.2) is 0 Å². The van der Waals surface area contributed by atoms with Crippen LogP contribution in [0.2, 0.25) is 0 Å². The topological polar surface area (TPSA) is 58.2 Å². The lowest BCUT2D eigenvalue weighted by atomic mass is 10.0. The molecule has 0 spiro atoms. The fourth-order valence-corrected chi connectivity index (χ4v) is 3.59. The van der Waals surface area contributed by atoms with E-state index < -0.39 is 0 Å². The predicted octanol–water partition coefficient (Wildman–Crippen LogP) is 3.96. The molecule has 2 heterocycles. The van der Waals surface area contributed by atoms with Crippen molar-refractivity contribution in [1.29, 1.82) is 0 Å². The number of benzene rings is 2. The van der Waals surface area contributed by atoms with Crippen molar-refractivity contribution in [2.45, 2.75) is 32.4 Å². The van der Waals surface area contributed by atoms with E-state index in [4.69, 9.17) is 4.74 Å². The lowest BCUT2D eigenvalue weighted by molar-refractivity contribution is -0.132. The molecule has 0 saturated carbocycles. The second kappa shape index (κ2) is 8.85.